The van der Waals surface area contributed by atoms with Crippen LogP contribution in [0.1, 0.15) is 144 Å². The highest BCUT2D eigenvalue weighted by molar-refractivity contribution is 8.01. The Morgan fingerprint density at radius 3 is 1.05 bits per heavy atom. The van der Waals surface area contributed by atoms with Crippen molar-refractivity contribution in [1.29, 1.82) is 0 Å². The van der Waals surface area contributed by atoms with Crippen LogP contribution in [0, 0.1) is 5.82 Å². The number of anilines is 5. The van der Waals surface area contributed by atoms with Gasteiger partial charge in [-0.25, -0.2) is 38.1 Å². The average Bonchev–Trinajstić information content (AvgIpc) is 1.51. The first-order valence-electron chi connectivity index (χ1n) is 42.2. The van der Waals surface area contributed by atoms with Crippen molar-refractivity contribution < 1.29 is 103 Å². The van der Waals surface area contributed by atoms with Gasteiger partial charge in [0.25, 0.3) is 40.1 Å². The molecule has 12 N–H and O–H groups in total. The van der Waals surface area contributed by atoms with Crippen molar-refractivity contribution in [3.63, 3.8) is 0 Å². The number of carbonyl (C=O) groups is 4. The molecule has 130 heavy (non-hydrogen) atoms. The molecule has 4 fully saturated rings. The van der Waals surface area contributed by atoms with Crippen LogP contribution in [0.4, 0.5) is 32.8 Å². The first-order chi connectivity index (χ1) is 62.2. The number of hydrogen-bond acceptors (Lipinski definition) is 22. The van der Waals surface area contributed by atoms with E-state index in [0.717, 1.165) is 185 Å². The normalized spacial score (nSPS) is 14.6. The van der Waals surface area contributed by atoms with Gasteiger partial charge in [0.2, 0.25) is 0 Å². The van der Waals surface area contributed by atoms with Crippen molar-refractivity contribution >= 4 is 183 Å². The van der Waals surface area contributed by atoms with E-state index in [1.807, 2.05) is 19.1 Å². The highest BCUT2D eigenvalue weighted by Gasteiger charge is 2.30. The molecule has 16 rings (SSSR count). The maximum Gasteiger partial charge on any atom is 0.313 e. The van der Waals surface area contributed by atoms with Crippen LogP contribution in [0.5, 0.6) is 28.7 Å². The number of nitrogens with zero attached hydrogens (tertiary/aromatic N) is 1. The number of hydrogen-bond donors (Lipinski definition) is 12. The van der Waals surface area contributed by atoms with Crippen molar-refractivity contribution in [2.75, 3.05) is 66.5 Å². The third-order valence-electron chi connectivity index (χ3n) is 22.8. The highest BCUT2D eigenvalue weighted by atomic mass is 32.2. The van der Waals surface area contributed by atoms with E-state index in [0.29, 0.717) is 81.6 Å². The summed E-state index contributed by atoms with van der Waals surface area (Å²) < 4.78 is 137. The van der Waals surface area contributed by atoms with Gasteiger partial charge in [-0.3, -0.25) is 38.1 Å². The summed E-state index contributed by atoms with van der Waals surface area (Å²) in [5.74, 6) is -4.64. The molecule has 1 heterocycles. The molecule has 0 spiro atoms. The predicted molar refractivity (Wildman–Crippen MR) is 510 cm³/mol. The Morgan fingerprint density at radius 1 is 0.354 bits per heavy atom. The predicted octanol–water partition coefficient (Wildman–Crippen LogP) is 21.0. The van der Waals surface area contributed by atoms with Gasteiger partial charge in [0.15, 0.2) is 0 Å². The van der Waals surface area contributed by atoms with Gasteiger partial charge in [-0.1, -0.05) is 167 Å². The summed E-state index contributed by atoms with van der Waals surface area (Å²) in [6, 6.07) is 55.9. The minimum Gasteiger partial charge on any atom is -0.506 e. The summed E-state index contributed by atoms with van der Waals surface area (Å²) in [5, 5.41) is 82.1. The lowest BCUT2D eigenvalue weighted by Gasteiger charge is -2.25. The van der Waals surface area contributed by atoms with Crippen LogP contribution in [-0.2, 0) is 59.3 Å². The summed E-state index contributed by atoms with van der Waals surface area (Å²) in [5.41, 5.74) is 4.55. The van der Waals surface area contributed by atoms with E-state index < -0.39 is 69.8 Å². The third-order valence-corrected chi connectivity index (χ3v) is 32.3. The van der Waals surface area contributed by atoms with E-state index in [9.17, 15) is 77.7 Å². The molecule has 0 radical (unpaired) electrons. The number of halogens is 1. The number of carboxylic acid groups (broad SMARTS) is 4. The standard InChI is InChI=1S/C26H29NO6S2.C24H24FNO5S2.C23H23NO5S2.C22H22N2O5S2/c1-2-33-23-13-12-18(14-21(23)17-8-4-3-5-9-17)35(31,32)27-22-15-24(34-16-25(28)29)26(30)20-11-7-6-10-19(20)22;25-17-10-16(15-6-2-1-3-7-15)11-18(12-17)33(30,31)26-21-13-22(32-14-23(27)28)24(29)20-9-5-4-8-19(20)21;25-22(26)14-30-21-13-20(18-10-3-4-11-19(18)23(21)27)24-31(28,29)17-9-5-8-16(12-17)15-6-1-2-7-15;25-21(26)14-30-20-13-19(17-8-1-2-9-18(17)22(20)27)23-31(28,29)16-7-5-6-15(12-16)24-10-3-4-11-24/h6-7,10-15,17,27,30H,2-5,8-9,16H2,1H3,(H,28,29);4-5,8-13,15,26,29H,1-3,6-7,14H2,(H,27,28);3-5,8-13,15,24,27H,1-2,6-7,14H2,(H,25,26);1-2,5-9,12-13,23,27H,3-4,10-11,14H2,(H,25,26). The van der Waals surface area contributed by atoms with Crippen molar-refractivity contribution in [2.45, 2.75) is 167 Å². The molecule has 1 saturated heterocycles. The first-order valence-corrected chi connectivity index (χ1v) is 52.1. The number of thioether (sulfide) groups is 4. The van der Waals surface area contributed by atoms with E-state index in [-0.39, 0.29) is 99.4 Å². The molecule has 0 atom stereocenters. The van der Waals surface area contributed by atoms with Crippen molar-refractivity contribution in [2.24, 2.45) is 0 Å². The SMILES string of the molecule is CCOc1ccc(S(=O)(=O)Nc2cc(SCC(=O)O)c(O)c3ccccc23)cc1C1CCCCC1.O=C(O)CSc1cc(NS(=O)(=O)c2cc(F)cc(C3CCCCC3)c2)c2ccccc2c1O.O=C(O)CSc1cc(NS(=O)(=O)c2cccc(C3CCCC3)c2)c2ccccc2c1O.O=C(O)CSc1cc(NS(=O)(=O)c2cccc(N3CCCC3)c2)c2ccccc2c1O. The molecule has 0 bridgehead atoms. The molecule has 4 aliphatic rings. The summed E-state index contributed by atoms with van der Waals surface area (Å²) >= 11 is 3.69. The second kappa shape index (κ2) is 43.2. The number of ether oxygens (including phenoxy) is 1. The number of aliphatic carboxylic acids is 4. The van der Waals surface area contributed by atoms with Crippen LogP contribution >= 0.6 is 47.0 Å². The van der Waals surface area contributed by atoms with Gasteiger partial charge in [0, 0.05) is 61.9 Å². The maximum atomic E-state index is 14.4. The lowest BCUT2D eigenvalue weighted by atomic mass is 9.84. The topological polar surface area (TPSA) is 427 Å². The molecular weight excluding hydrogens is 1820 g/mol. The number of sulfonamides is 4. The Balaban J connectivity index is 0.000000148. The Hall–Kier alpha value is -11.3. The zero-order valence-electron chi connectivity index (χ0n) is 70.6. The van der Waals surface area contributed by atoms with Gasteiger partial charge in [-0.05, 0) is 184 Å². The average molecular weight is 1920 g/mol. The molecule has 684 valence electrons. The Morgan fingerprint density at radius 2 is 0.677 bits per heavy atom. The van der Waals surface area contributed by atoms with Gasteiger partial charge in [0.1, 0.15) is 34.6 Å². The van der Waals surface area contributed by atoms with E-state index in [4.69, 9.17) is 25.2 Å². The number of carboxylic acids is 4. The summed E-state index contributed by atoms with van der Waals surface area (Å²) in [7, 11) is -15.9. The van der Waals surface area contributed by atoms with Gasteiger partial charge >= 0.3 is 23.9 Å². The first kappa shape index (κ1) is 96.3. The van der Waals surface area contributed by atoms with Gasteiger partial charge < -0.3 is 50.5 Å². The molecule has 0 aromatic heterocycles. The number of aromatic hydroxyl groups is 4. The van der Waals surface area contributed by atoms with E-state index >= 15 is 0 Å². The van der Waals surface area contributed by atoms with Crippen LogP contribution in [0.25, 0.3) is 43.1 Å². The molecule has 3 saturated carbocycles. The van der Waals surface area contributed by atoms with Crippen molar-refractivity contribution in [3.8, 4) is 28.7 Å². The molecule has 3 aliphatic carbocycles. The molecule has 1 aliphatic heterocycles. The molecule has 0 amide bonds. The molecule has 35 heteroatoms. The lowest BCUT2D eigenvalue weighted by molar-refractivity contribution is -0.134. The minimum absolute atomic E-state index is 0.0620. The van der Waals surface area contributed by atoms with Crippen LogP contribution in [0.15, 0.2) is 245 Å². The quantitative estimate of drug-likeness (QED) is 0.0147. The monoisotopic (exact) mass is 1920 g/mol. The number of nitrogens with one attached hydrogen (secondary N) is 4. The zero-order valence-corrected chi connectivity index (χ0v) is 77.1. The number of benzene rings is 12. The fraction of sp³-hybridized carbons (Fsp3) is 0.284. The Kier molecular flexibility index (Phi) is 32.0. The molecule has 0 unspecified atom stereocenters. The molecule has 26 nitrogen and oxygen atoms in total. The van der Waals surface area contributed by atoms with E-state index in [1.54, 1.807) is 152 Å². The van der Waals surface area contributed by atoms with Gasteiger partial charge in [-0.2, -0.15) is 0 Å². The van der Waals surface area contributed by atoms with Crippen LogP contribution in [0.3, 0.4) is 0 Å². The Bertz CT molecular complexity index is 6510. The molecular formula is C95H98FN5O21S8. The van der Waals surface area contributed by atoms with Gasteiger partial charge in [0.05, 0.1) is 91.5 Å². The Labute approximate surface area is 770 Å². The van der Waals surface area contributed by atoms with Crippen LogP contribution in [0.2, 0.25) is 0 Å². The minimum atomic E-state index is -4.15. The van der Waals surface area contributed by atoms with Crippen LogP contribution in [-0.4, -0.2) is 141 Å². The largest absolute Gasteiger partial charge is 0.506 e. The van der Waals surface area contributed by atoms with Crippen molar-refractivity contribution in [1.82, 2.24) is 0 Å². The number of rotatable bonds is 30. The smallest absolute Gasteiger partial charge is 0.313 e. The third kappa shape index (κ3) is 24.1. The summed E-state index contributed by atoms with van der Waals surface area (Å²) in [6.07, 6.45) is 17.1. The maximum absolute atomic E-state index is 14.4. The molecule has 12 aromatic rings. The number of phenols is 4. The van der Waals surface area contributed by atoms with Gasteiger partial charge in [-0.15, -0.1) is 47.0 Å². The summed E-state index contributed by atoms with van der Waals surface area (Å²) in [6.45, 7) is 4.22. The molecule has 12 aromatic carbocycles. The fourth-order valence-corrected chi connectivity index (χ4v) is 24.0. The summed E-state index contributed by atoms with van der Waals surface area (Å²) in [4.78, 5) is 47.6. The lowest BCUT2D eigenvalue weighted by Crippen LogP contribution is -2.19. The number of fused-ring (bicyclic) bond motifs is 4. The van der Waals surface area contributed by atoms with E-state index in [1.165, 1.54) is 42.8 Å². The fourth-order valence-electron chi connectivity index (χ4n) is 16.6. The van der Waals surface area contributed by atoms with Crippen molar-refractivity contribution in [3.05, 3.63) is 229 Å². The second-order valence-corrected chi connectivity index (χ2v) is 42.5. The zero-order chi connectivity index (χ0) is 92.6. The van der Waals surface area contributed by atoms with E-state index in [2.05, 4.69) is 23.8 Å². The number of phenolic OH excluding ortho intramolecular Hbond substituents is 4. The second-order valence-electron chi connectivity index (χ2n) is 31.7. The highest BCUT2D eigenvalue weighted by Crippen LogP contribution is 2.48. The van der Waals surface area contributed by atoms with Crippen LogP contribution < -0.4 is 28.5 Å².